The van der Waals surface area contributed by atoms with Crippen molar-refractivity contribution in [2.45, 2.75) is 0 Å². The van der Waals surface area contributed by atoms with Crippen molar-refractivity contribution in [3.8, 4) is 11.5 Å². The Balaban J connectivity index is 0.00000128. The van der Waals surface area contributed by atoms with Crippen LogP contribution in [0.4, 0.5) is 0 Å². The first kappa shape index (κ1) is 13.3. The Hall–Kier alpha value is -0.810. The second-order valence-electron chi connectivity index (χ2n) is 3.23. The van der Waals surface area contributed by atoms with Crippen LogP contribution in [0, 0.1) is 0 Å². The Morgan fingerprint density at radius 3 is 2.31 bits per heavy atom. The van der Waals surface area contributed by atoms with E-state index in [0.717, 1.165) is 5.75 Å². The van der Waals surface area contributed by atoms with Gasteiger partial charge in [0.25, 0.3) is 0 Å². The summed E-state index contributed by atoms with van der Waals surface area (Å²) in [5.41, 5.74) is 0. The molecule has 1 aromatic carbocycles. The minimum atomic E-state index is 0. The van der Waals surface area contributed by atoms with Gasteiger partial charge in [0.1, 0.15) is 18.5 Å². The maximum atomic E-state index is 5.98. The molecule has 1 aromatic heterocycles. The van der Waals surface area contributed by atoms with E-state index in [1.165, 1.54) is 0 Å². The smallest absolute Gasteiger partial charge is 0.172 e. The standard InChI is InChI=1S/C12H11ClNO.HI/c1-14-8-6-10(7-9-14)15-12-5-3-2-4-11(12)13;/h2-9H,1H3;1H/q+1;/p-1. The molecule has 0 N–H and O–H groups in total. The Morgan fingerprint density at radius 1 is 1.06 bits per heavy atom. The van der Waals surface area contributed by atoms with E-state index in [4.69, 9.17) is 16.3 Å². The first-order valence-electron chi connectivity index (χ1n) is 4.63. The van der Waals surface area contributed by atoms with E-state index >= 15 is 0 Å². The second-order valence-corrected chi connectivity index (χ2v) is 3.64. The summed E-state index contributed by atoms with van der Waals surface area (Å²) in [6.07, 6.45) is 3.85. The molecule has 4 heteroatoms. The fourth-order valence-corrected chi connectivity index (χ4v) is 1.38. The van der Waals surface area contributed by atoms with Crippen LogP contribution >= 0.6 is 11.6 Å². The maximum absolute atomic E-state index is 5.98. The topological polar surface area (TPSA) is 13.1 Å². The highest BCUT2D eigenvalue weighted by molar-refractivity contribution is 6.32. The van der Waals surface area contributed by atoms with Crippen LogP contribution in [-0.2, 0) is 7.05 Å². The number of rotatable bonds is 2. The van der Waals surface area contributed by atoms with Crippen molar-refractivity contribution >= 4 is 11.6 Å². The van der Waals surface area contributed by atoms with Gasteiger partial charge in [0.05, 0.1) is 5.02 Å². The average Bonchev–Trinajstić information content (AvgIpc) is 2.25. The van der Waals surface area contributed by atoms with E-state index in [1.807, 2.05) is 54.3 Å². The van der Waals surface area contributed by atoms with Crippen molar-refractivity contribution in [2.24, 2.45) is 7.05 Å². The molecule has 0 fully saturated rings. The normalized spacial score (nSPS) is 9.38. The summed E-state index contributed by atoms with van der Waals surface area (Å²) >= 11 is 5.98. The molecule has 0 aliphatic carbocycles. The lowest BCUT2D eigenvalue weighted by Crippen LogP contribution is -3.00. The largest absolute Gasteiger partial charge is 1.00 e. The summed E-state index contributed by atoms with van der Waals surface area (Å²) in [5.74, 6) is 1.45. The summed E-state index contributed by atoms with van der Waals surface area (Å²) < 4.78 is 7.56. The van der Waals surface area contributed by atoms with E-state index in [2.05, 4.69) is 0 Å². The predicted molar refractivity (Wildman–Crippen MR) is 59.1 cm³/mol. The van der Waals surface area contributed by atoms with Gasteiger partial charge in [-0.1, -0.05) is 23.7 Å². The quantitative estimate of drug-likeness (QED) is 0.549. The minimum Gasteiger partial charge on any atom is -1.00 e. The molecular formula is C12H11ClINO. The lowest BCUT2D eigenvalue weighted by atomic mass is 10.3. The Labute approximate surface area is 117 Å². The van der Waals surface area contributed by atoms with Crippen LogP contribution in [0.3, 0.4) is 0 Å². The zero-order valence-electron chi connectivity index (χ0n) is 8.73. The molecule has 0 saturated heterocycles. The van der Waals surface area contributed by atoms with Gasteiger partial charge in [-0.15, -0.1) is 0 Å². The Morgan fingerprint density at radius 2 is 1.69 bits per heavy atom. The molecule has 0 atom stereocenters. The maximum Gasteiger partial charge on any atom is 0.172 e. The highest BCUT2D eigenvalue weighted by atomic mass is 127. The summed E-state index contributed by atoms with van der Waals surface area (Å²) in [7, 11) is 1.96. The molecule has 0 amide bonds. The third-order valence-corrected chi connectivity index (χ3v) is 2.32. The molecule has 2 nitrogen and oxygen atoms in total. The molecule has 2 rings (SSSR count). The molecule has 16 heavy (non-hydrogen) atoms. The lowest BCUT2D eigenvalue weighted by Gasteiger charge is -2.05. The number of halogens is 2. The predicted octanol–water partition coefficient (Wildman–Crippen LogP) is -0.0392. The second kappa shape index (κ2) is 6.06. The number of benzene rings is 1. The van der Waals surface area contributed by atoms with E-state index in [0.29, 0.717) is 10.8 Å². The van der Waals surface area contributed by atoms with Crippen molar-refractivity contribution in [2.75, 3.05) is 0 Å². The van der Waals surface area contributed by atoms with Crippen molar-refractivity contribution in [3.63, 3.8) is 0 Å². The number of para-hydroxylation sites is 1. The fraction of sp³-hybridized carbons (Fsp3) is 0.0833. The van der Waals surface area contributed by atoms with Gasteiger partial charge < -0.3 is 28.7 Å². The van der Waals surface area contributed by atoms with Crippen LogP contribution in [0.25, 0.3) is 0 Å². The SMILES string of the molecule is C[n+]1ccc(Oc2ccccc2Cl)cc1.[I-]. The Bertz CT molecular complexity index is 459. The van der Waals surface area contributed by atoms with Crippen LogP contribution in [-0.4, -0.2) is 0 Å². The number of aryl methyl sites for hydroxylation is 1. The summed E-state index contributed by atoms with van der Waals surface area (Å²) in [6.45, 7) is 0. The number of hydrogen-bond donors (Lipinski definition) is 0. The number of aromatic nitrogens is 1. The first-order chi connectivity index (χ1) is 7.25. The minimum absolute atomic E-state index is 0. The number of pyridine rings is 1. The van der Waals surface area contributed by atoms with Crippen molar-refractivity contribution in [1.82, 2.24) is 0 Å². The van der Waals surface area contributed by atoms with Gasteiger partial charge in [-0.2, -0.15) is 0 Å². The van der Waals surface area contributed by atoms with Gasteiger partial charge in [-0.05, 0) is 12.1 Å². The molecule has 0 spiro atoms. The molecule has 1 heterocycles. The van der Waals surface area contributed by atoms with Crippen molar-refractivity contribution < 1.29 is 33.3 Å². The highest BCUT2D eigenvalue weighted by Crippen LogP contribution is 2.27. The highest BCUT2D eigenvalue weighted by Gasteiger charge is 2.02. The monoisotopic (exact) mass is 347 g/mol. The summed E-state index contributed by atoms with van der Waals surface area (Å²) in [4.78, 5) is 0. The van der Waals surface area contributed by atoms with Crippen LogP contribution in [0.5, 0.6) is 11.5 Å². The molecule has 0 bridgehead atoms. The number of nitrogens with zero attached hydrogens (tertiary/aromatic N) is 1. The van der Waals surface area contributed by atoms with Crippen LogP contribution in [0.1, 0.15) is 0 Å². The van der Waals surface area contributed by atoms with E-state index < -0.39 is 0 Å². The molecule has 0 saturated carbocycles. The van der Waals surface area contributed by atoms with Gasteiger partial charge in [-0.3, -0.25) is 0 Å². The third-order valence-electron chi connectivity index (χ3n) is 2.01. The third kappa shape index (κ3) is 3.35. The van der Waals surface area contributed by atoms with Gasteiger partial charge in [0, 0.05) is 12.1 Å². The summed E-state index contributed by atoms with van der Waals surface area (Å²) in [5, 5.41) is 0.616. The summed E-state index contributed by atoms with van der Waals surface area (Å²) in [6, 6.07) is 11.2. The first-order valence-corrected chi connectivity index (χ1v) is 5.01. The van der Waals surface area contributed by atoms with Gasteiger partial charge in [0.2, 0.25) is 0 Å². The van der Waals surface area contributed by atoms with Crippen molar-refractivity contribution in [3.05, 3.63) is 53.8 Å². The molecule has 0 unspecified atom stereocenters. The van der Waals surface area contributed by atoms with Crippen LogP contribution in [0.15, 0.2) is 48.8 Å². The Kier molecular flexibility index (Phi) is 5.02. The average molecular weight is 348 g/mol. The number of ether oxygens (including phenoxy) is 1. The molecule has 2 aromatic rings. The molecule has 84 valence electrons. The number of hydrogen-bond acceptors (Lipinski definition) is 1. The molecular weight excluding hydrogens is 336 g/mol. The molecule has 0 aliphatic heterocycles. The van der Waals surface area contributed by atoms with Crippen LogP contribution < -0.4 is 33.3 Å². The fourth-order valence-electron chi connectivity index (χ4n) is 1.21. The van der Waals surface area contributed by atoms with E-state index in [9.17, 15) is 0 Å². The zero-order valence-corrected chi connectivity index (χ0v) is 11.6. The van der Waals surface area contributed by atoms with Gasteiger partial charge >= 0.3 is 0 Å². The van der Waals surface area contributed by atoms with Gasteiger partial charge in [-0.25, -0.2) is 4.57 Å². The van der Waals surface area contributed by atoms with E-state index in [-0.39, 0.29) is 24.0 Å². The van der Waals surface area contributed by atoms with Crippen molar-refractivity contribution in [1.29, 1.82) is 0 Å². The van der Waals surface area contributed by atoms with Gasteiger partial charge in [0.15, 0.2) is 12.4 Å². The van der Waals surface area contributed by atoms with E-state index in [1.54, 1.807) is 6.07 Å². The molecule has 0 radical (unpaired) electrons. The van der Waals surface area contributed by atoms with Crippen LogP contribution in [0.2, 0.25) is 5.02 Å². The molecule has 0 aliphatic rings. The zero-order chi connectivity index (χ0) is 10.7. The lowest BCUT2D eigenvalue weighted by molar-refractivity contribution is -0.671.